The summed E-state index contributed by atoms with van der Waals surface area (Å²) in [6, 6.07) is 4.44. The van der Waals surface area contributed by atoms with Crippen molar-refractivity contribution in [2.75, 3.05) is 0 Å². The molecule has 1 rings (SSSR count). The second-order valence-electron chi connectivity index (χ2n) is 1.95. The molecule has 0 spiro atoms. The fourth-order valence-electron chi connectivity index (χ4n) is 0.692. The summed E-state index contributed by atoms with van der Waals surface area (Å²) >= 11 is 5.51. The molecule has 2 heteroatoms. The highest BCUT2D eigenvalue weighted by molar-refractivity contribution is 6.30. The average molecular weight is 205 g/mol. The Morgan fingerprint density at radius 1 is 1.00 bits per heavy atom. The third-order valence-corrected chi connectivity index (χ3v) is 1.23. The molecule has 0 aliphatic rings. The molecule has 0 fully saturated rings. The summed E-state index contributed by atoms with van der Waals surface area (Å²) in [5.74, 6) is -0.278. The highest BCUT2D eigenvalue weighted by atomic mass is 35.5. The van der Waals surface area contributed by atoms with Crippen molar-refractivity contribution in [3.63, 3.8) is 0 Å². The molecule has 0 saturated heterocycles. The predicted octanol–water partition coefficient (Wildman–Crippen LogP) is 4.84. The zero-order valence-electron chi connectivity index (χ0n) is 8.99. The molecule has 0 heterocycles. The van der Waals surface area contributed by atoms with Crippen LogP contribution in [0.3, 0.4) is 0 Å². The van der Waals surface area contributed by atoms with E-state index < -0.39 is 0 Å². The number of rotatable bonds is 0. The van der Waals surface area contributed by atoms with Gasteiger partial charge in [0.25, 0.3) is 0 Å². The lowest BCUT2D eigenvalue weighted by atomic mass is 10.2. The highest BCUT2D eigenvalue weighted by Crippen LogP contribution is 2.12. The van der Waals surface area contributed by atoms with Crippen LogP contribution in [0.4, 0.5) is 4.39 Å². The zero-order chi connectivity index (χ0) is 10.9. The molecule has 13 heavy (non-hydrogen) atoms. The fraction of sp³-hybridized carbons (Fsp3) is 0.455. The van der Waals surface area contributed by atoms with E-state index in [4.69, 9.17) is 11.6 Å². The van der Waals surface area contributed by atoms with Gasteiger partial charge in [-0.1, -0.05) is 39.3 Å². The van der Waals surface area contributed by atoms with Crippen molar-refractivity contribution in [1.82, 2.24) is 0 Å². The Morgan fingerprint density at radius 2 is 1.46 bits per heavy atom. The van der Waals surface area contributed by atoms with E-state index in [0.717, 1.165) is 5.56 Å². The first kappa shape index (κ1) is 14.9. The smallest absolute Gasteiger partial charge is 0.124 e. The molecule has 0 N–H and O–H groups in total. The van der Waals surface area contributed by atoms with Gasteiger partial charge in [-0.15, -0.1) is 0 Å². The monoisotopic (exact) mass is 204 g/mol. The summed E-state index contributed by atoms with van der Waals surface area (Å²) in [7, 11) is 0. The van der Waals surface area contributed by atoms with Gasteiger partial charge in [0.15, 0.2) is 0 Å². The summed E-state index contributed by atoms with van der Waals surface area (Å²) in [5, 5.41) is 0.451. The first-order chi connectivity index (χ1) is 6.18. The van der Waals surface area contributed by atoms with Crippen LogP contribution in [-0.4, -0.2) is 0 Å². The van der Waals surface area contributed by atoms with E-state index in [-0.39, 0.29) is 5.82 Å². The molecule has 0 aliphatic heterocycles. The minimum atomic E-state index is -0.278. The lowest BCUT2D eigenvalue weighted by Gasteiger charge is -1.92. The predicted molar refractivity (Wildman–Crippen MR) is 58.8 cm³/mol. The van der Waals surface area contributed by atoms with E-state index in [1.165, 1.54) is 12.1 Å². The van der Waals surface area contributed by atoms with Gasteiger partial charge in [-0.25, -0.2) is 4.39 Å². The van der Waals surface area contributed by atoms with Crippen molar-refractivity contribution in [2.24, 2.45) is 0 Å². The van der Waals surface area contributed by atoms with Crippen molar-refractivity contribution in [2.45, 2.75) is 34.6 Å². The van der Waals surface area contributed by atoms with Crippen molar-refractivity contribution in [3.05, 3.63) is 34.6 Å². The molecule has 0 radical (unpaired) electrons. The normalized spacial score (nSPS) is 7.62. The second kappa shape index (κ2) is 9.53. The summed E-state index contributed by atoms with van der Waals surface area (Å²) in [5.41, 5.74) is 0.847. The van der Waals surface area contributed by atoms with Gasteiger partial charge in [-0.05, 0) is 30.7 Å². The third kappa shape index (κ3) is 7.79. The van der Waals surface area contributed by atoms with Gasteiger partial charge < -0.3 is 0 Å². The quantitative estimate of drug-likeness (QED) is 0.567. The fourth-order valence-corrected chi connectivity index (χ4v) is 0.968. The van der Waals surface area contributed by atoms with Gasteiger partial charge in [0, 0.05) is 5.02 Å². The zero-order valence-corrected chi connectivity index (χ0v) is 9.74. The number of aryl methyl sites for hydroxylation is 1. The van der Waals surface area contributed by atoms with Crippen molar-refractivity contribution in [1.29, 1.82) is 0 Å². The molecule has 0 amide bonds. The number of benzene rings is 1. The van der Waals surface area contributed by atoms with Gasteiger partial charge in [-0.3, -0.25) is 0 Å². The van der Waals surface area contributed by atoms with Crippen LogP contribution in [0.2, 0.25) is 5.02 Å². The third-order valence-electron chi connectivity index (χ3n) is 1.01. The topological polar surface area (TPSA) is 0 Å². The van der Waals surface area contributed by atoms with Crippen LogP contribution in [0.5, 0.6) is 0 Å². The van der Waals surface area contributed by atoms with Crippen LogP contribution in [0, 0.1) is 12.7 Å². The van der Waals surface area contributed by atoms with Crippen molar-refractivity contribution in [3.8, 4) is 0 Å². The maximum atomic E-state index is 12.3. The average Bonchev–Trinajstić information content (AvgIpc) is 2.09. The maximum Gasteiger partial charge on any atom is 0.124 e. The van der Waals surface area contributed by atoms with E-state index in [2.05, 4.69) is 0 Å². The van der Waals surface area contributed by atoms with Gasteiger partial charge in [0.05, 0.1) is 0 Å². The Morgan fingerprint density at radius 3 is 1.77 bits per heavy atom. The molecule has 0 aromatic heterocycles. The first-order valence-electron chi connectivity index (χ1n) is 4.61. The standard InChI is InChI=1S/C7H6ClF.2C2H6/c1-5-2-6(8)4-7(9)3-5;2*1-2/h2-4H,1H3;2*1-2H3. The Kier molecular flexibility index (Phi) is 10.9. The molecular weight excluding hydrogens is 187 g/mol. The van der Waals surface area contributed by atoms with Crippen LogP contribution in [-0.2, 0) is 0 Å². The minimum Gasteiger partial charge on any atom is -0.207 e. The molecule has 0 atom stereocenters. The first-order valence-corrected chi connectivity index (χ1v) is 4.99. The second-order valence-corrected chi connectivity index (χ2v) is 2.38. The van der Waals surface area contributed by atoms with E-state index in [1.807, 2.05) is 27.7 Å². The molecule has 0 aliphatic carbocycles. The Bertz CT molecular complexity index is 171. The van der Waals surface area contributed by atoms with Gasteiger partial charge in [-0.2, -0.15) is 0 Å². The van der Waals surface area contributed by atoms with E-state index in [1.54, 1.807) is 13.0 Å². The van der Waals surface area contributed by atoms with Gasteiger partial charge in [0.2, 0.25) is 0 Å². The van der Waals surface area contributed by atoms with Crippen LogP contribution in [0.1, 0.15) is 33.3 Å². The minimum absolute atomic E-state index is 0.278. The number of halogens is 2. The largest absolute Gasteiger partial charge is 0.207 e. The van der Waals surface area contributed by atoms with Gasteiger partial charge >= 0.3 is 0 Å². The maximum absolute atomic E-state index is 12.3. The molecule has 0 nitrogen and oxygen atoms in total. The van der Waals surface area contributed by atoms with E-state index in [9.17, 15) is 4.39 Å². The Balaban J connectivity index is 0. The summed E-state index contributed by atoms with van der Waals surface area (Å²) < 4.78 is 12.3. The Labute approximate surface area is 85.7 Å². The Hall–Kier alpha value is -0.560. The summed E-state index contributed by atoms with van der Waals surface area (Å²) in [6.07, 6.45) is 0. The number of hydrogen-bond acceptors (Lipinski definition) is 0. The molecular formula is C11H18ClF. The summed E-state index contributed by atoms with van der Waals surface area (Å²) in [6.45, 7) is 9.80. The molecule has 0 saturated carbocycles. The molecule has 1 aromatic rings. The van der Waals surface area contributed by atoms with Gasteiger partial charge in [0.1, 0.15) is 5.82 Å². The van der Waals surface area contributed by atoms with E-state index in [0.29, 0.717) is 5.02 Å². The molecule has 0 unspecified atom stereocenters. The van der Waals surface area contributed by atoms with Crippen molar-refractivity contribution >= 4 is 11.6 Å². The lowest BCUT2D eigenvalue weighted by molar-refractivity contribution is 0.627. The van der Waals surface area contributed by atoms with Crippen LogP contribution < -0.4 is 0 Å². The molecule has 1 aromatic carbocycles. The van der Waals surface area contributed by atoms with Crippen molar-refractivity contribution < 1.29 is 4.39 Å². The highest BCUT2D eigenvalue weighted by Gasteiger charge is 1.92. The molecule has 76 valence electrons. The molecule has 0 bridgehead atoms. The van der Waals surface area contributed by atoms with Crippen LogP contribution in [0.25, 0.3) is 0 Å². The number of hydrogen-bond donors (Lipinski definition) is 0. The van der Waals surface area contributed by atoms with E-state index >= 15 is 0 Å². The lowest BCUT2D eigenvalue weighted by Crippen LogP contribution is -1.75. The van der Waals surface area contributed by atoms with Crippen LogP contribution >= 0.6 is 11.6 Å². The SMILES string of the molecule is CC.CC.Cc1cc(F)cc(Cl)c1. The van der Waals surface area contributed by atoms with Crippen LogP contribution in [0.15, 0.2) is 18.2 Å². The summed E-state index contributed by atoms with van der Waals surface area (Å²) in [4.78, 5) is 0.